The SMILES string of the molecule is Cc1ccnc(N2CCN(CCc3cn4c5c(cccc35)C=CC4)CC2)c1. The molecule has 0 unspecified atom stereocenters. The lowest BCUT2D eigenvalue weighted by Crippen LogP contribution is -2.47. The van der Waals surface area contributed by atoms with Crippen LogP contribution in [0.4, 0.5) is 5.82 Å². The van der Waals surface area contributed by atoms with Gasteiger partial charge in [-0.1, -0.05) is 30.4 Å². The first-order chi connectivity index (χ1) is 13.3. The topological polar surface area (TPSA) is 24.3 Å². The first kappa shape index (κ1) is 16.6. The van der Waals surface area contributed by atoms with Crippen LogP contribution in [0.2, 0.25) is 0 Å². The van der Waals surface area contributed by atoms with Gasteiger partial charge in [-0.3, -0.25) is 4.90 Å². The number of para-hydroxylation sites is 1. The zero-order chi connectivity index (χ0) is 18.2. The Morgan fingerprint density at radius 1 is 1.07 bits per heavy atom. The number of hydrogen-bond donors (Lipinski definition) is 0. The van der Waals surface area contributed by atoms with Crippen molar-refractivity contribution in [3.05, 3.63) is 65.5 Å². The molecule has 4 heteroatoms. The average molecular weight is 358 g/mol. The lowest BCUT2D eigenvalue weighted by Gasteiger charge is -2.35. The molecule has 1 fully saturated rings. The maximum Gasteiger partial charge on any atom is 0.128 e. The zero-order valence-electron chi connectivity index (χ0n) is 15.9. The standard InChI is InChI=1S/C23H26N4/c1-18-7-9-24-22(16-18)26-14-12-25(13-15-26)11-8-20-17-27-10-3-5-19-4-2-6-21(20)23(19)27/h2-7,9,16-17H,8,10-15H2,1H3. The van der Waals surface area contributed by atoms with Crippen molar-refractivity contribution in [3.63, 3.8) is 0 Å². The summed E-state index contributed by atoms with van der Waals surface area (Å²) in [5.74, 6) is 1.12. The van der Waals surface area contributed by atoms with Crippen LogP contribution >= 0.6 is 0 Å². The van der Waals surface area contributed by atoms with E-state index < -0.39 is 0 Å². The number of aromatic nitrogens is 2. The fourth-order valence-electron chi connectivity index (χ4n) is 4.41. The third kappa shape index (κ3) is 3.15. The number of aryl methyl sites for hydroxylation is 1. The van der Waals surface area contributed by atoms with Crippen molar-refractivity contribution < 1.29 is 0 Å². The molecule has 3 aromatic rings. The Morgan fingerprint density at radius 3 is 2.81 bits per heavy atom. The van der Waals surface area contributed by atoms with Gasteiger partial charge in [0.05, 0.1) is 5.52 Å². The Kier molecular flexibility index (Phi) is 4.21. The molecule has 0 saturated carbocycles. The highest BCUT2D eigenvalue weighted by Gasteiger charge is 2.19. The van der Waals surface area contributed by atoms with Crippen LogP contribution in [-0.4, -0.2) is 47.2 Å². The average Bonchev–Trinajstić information content (AvgIpc) is 3.07. The van der Waals surface area contributed by atoms with Gasteiger partial charge >= 0.3 is 0 Å². The highest BCUT2D eigenvalue weighted by Crippen LogP contribution is 2.29. The van der Waals surface area contributed by atoms with Crippen molar-refractivity contribution in [1.82, 2.24) is 14.5 Å². The van der Waals surface area contributed by atoms with E-state index in [-0.39, 0.29) is 0 Å². The largest absolute Gasteiger partial charge is 0.354 e. The van der Waals surface area contributed by atoms with Gasteiger partial charge in [-0.05, 0) is 42.2 Å². The van der Waals surface area contributed by atoms with Crippen molar-refractivity contribution in [2.45, 2.75) is 19.9 Å². The van der Waals surface area contributed by atoms with Gasteiger partial charge in [0, 0.05) is 57.0 Å². The zero-order valence-corrected chi connectivity index (χ0v) is 15.9. The number of rotatable bonds is 4. The number of nitrogens with zero attached hydrogens (tertiary/aromatic N) is 4. The highest BCUT2D eigenvalue weighted by atomic mass is 15.3. The minimum absolute atomic E-state index is 0.996. The molecule has 0 spiro atoms. The smallest absolute Gasteiger partial charge is 0.128 e. The van der Waals surface area contributed by atoms with Gasteiger partial charge in [0.25, 0.3) is 0 Å². The van der Waals surface area contributed by atoms with Crippen molar-refractivity contribution >= 4 is 22.8 Å². The molecule has 2 aromatic heterocycles. The molecular formula is C23H26N4. The first-order valence-electron chi connectivity index (χ1n) is 9.95. The van der Waals surface area contributed by atoms with Crippen LogP contribution < -0.4 is 4.90 Å². The van der Waals surface area contributed by atoms with E-state index in [0.717, 1.165) is 51.5 Å². The Bertz CT molecular complexity index is 993. The molecule has 0 radical (unpaired) electrons. The van der Waals surface area contributed by atoms with Crippen LogP contribution in [0.1, 0.15) is 16.7 Å². The molecule has 0 aliphatic carbocycles. The summed E-state index contributed by atoms with van der Waals surface area (Å²) in [6, 6.07) is 10.9. The predicted molar refractivity (Wildman–Crippen MR) is 112 cm³/mol. The number of pyridine rings is 1. The summed E-state index contributed by atoms with van der Waals surface area (Å²) in [6.45, 7) is 8.61. The fourth-order valence-corrected chi connectivity index (χ4v) is 4.41. The number of piperazine rings is 1. The molecule has 138 valence electrons. The summed E-state index contributed by atoms with van der Waals surface area (Å²) in [5.41, 5.74) is 5.53. The molecule has 0 bridgehead atoms. The molecule has 0 atom stereocenters. The van der Waals surface area contributed by atoms with Crippen LogP contribution in [0.5, 0.6) is 0 Å². The summed E-state index contributed by atoms with van der Waals surface area (Å²) in [6.07, 6.45) is 9.91. The van der Waals surface area contributed by atoms with E-state index in [1.807, 2.05) is 6.20 Å². The fraction of sp³-hybridized carbons (Fsp3) is 0.348. The minimum Gasteiger partial charge on any atom is -0.354 e. The van der Waals surface area contributed by atoms with Gasteiger partial charge in [-0.15, -0.1) is 0 Å². The van der Waals surface area contributed by atoms with Crippen LogP contribution in [0, 0.1) is 6.92 Å². The molecule has 0 amide bonds. The van der Waals surface area contributed by atoms with Crippen LogP contribution in [0.25, 0.3) is 17.0 Å². The number of anilines is 1. The van der Waals surface area contributed by atoms with E-state index in [1.54, 1.807) is 0 Å². The first-order valence-corrected chi connectivity index (χ1v) is 9.95. The summed E-state index contributed by atoms with van der Waals surface area (Å²) in [5, 5.41) is 1.43. The maximum absolute atomic E-state index is 4.54. The van der Waals surface area contributed by atoms with E-state index in [2.05, 4.69) is 75.0 Å². The third-order valence-corrected chi connectivity index (χ3v) is 5.91. The predicted octanol–water partition coefficient (Wildman–Crippen LogP) is 3.74. The Morgan fingerprint density at radius 2 is 1.96 bits per heavy atom. The molecule has 1 aromatic carbocycles. The summed E-state index contributed by atoms with van der Waals surface area (Å²) in [4.78, 5) is 9.55. The molecule has 2 aliphatic heterocycles. The molecule has 0 N–H and O–H groups in total. The Labute approximate surface area is 160 Å². The molecule has 1 saturated heterocycles. The Balaban J connectivity index is 1.24. The Hall–Kier alpha value is -2.59. The number of benzene rings is 1. The molecular weight excluding hydrogens is 332 g/mol. The minimum atomic E-state index is 0.996. The second kappa shape index (κ2) is 6.86. The summed E-state index contributed by atoms with van der Waals surface area (Å²) < 4.78 is 2.40. The van der Waals surface area contributed by atoms with Gasteiger partial charge in [-0.2, -0.15) is 0 Å². The lowest BCUT2D eigenvalue weighted by atomic mass is 10.1. The molecule has 27 heavy (non-hydrogen) atoms. The monoisotopic (exact) mass is 358 g/mol. The van der Waals surface area contributed by atoms with Gasteiger partial charge < -0.3 is 9.47 Å². The van der Waals surface area contributed by atoms with Crippen LogP contribution in [0.15, 0.2) is 48.8 Å². The van der Waals surface area contributed by atoms with Crippen molar-refractivity contribution in [2.75, 3.05) is 37.6 Å². The normalized spacial score (nSPS) is 17.0. The van der Waals surface area contributed by atoms with E-state index in [9.17, 15) is 0 Å². The van der Waals surface area contributed by atoms with Crippen molar-refractivity contribution in [1.29, 1.82) is 0 Å². The van der Waals surface area contributed by atoms with E-state index in [4.69, 9.17) is 0 Å². The highest BCUT2D eigenvalue weighted by molar-refractivity contribution is 5.92. The van der Waals surface area contributed by atoms with Crippen LogP contribution in [0.3, 0.4) is 0 Å². The maximum atomic E-state index is 4.54. The van der Waals surface area contributed by atoms with Gasteiger partial charge in [0.1, 0.15) is 5.82 Å². The molecule has 2 aliphatic rings. The van der Waals surface area contributed by atoms with E-state index >= 15 is 0 Å². The van der Waals surface area contributed by atoms with Gasteiger partial charge in [0.2, 0.25) is 0 Å². The van der Waals surface area contributed by atoms with Crippen molar-refractivity contribution in [3.8, 4) is 0 Å². The van der Waals surface area contributed by atoms with E-state index in [0.29, 0.717) is 0 Å². The second-order valence-corrected chi connectivity index (χ2v) is 7.72. The number of hydrogen-bond acceptors (Lipinski definition) is 3. The molecule has 4 nitrogen and oxygen atoms in total. The third-order valence-electron chi connectivity index (χ3n) is 5.91. The summed E-state index contributed by atoms with van der Waals surface area (Å²) in [7, 11) is 0. The second-order valence-electron chi connectivity index (χ2n) is 7.72. The molecule has 4 heterocycles. The van der Waals surface area contributed by atoms with Crippen molar-refractivity contribution in [2.24, 2.45) is 0 Å². The number of allylic oxidation sites excluding steroid dienone is 1. The quantitative estimate of drug-likeness (QED) is 0.710. The molecule has 5 rings (SSSR count). The summed E-state index contributed by atoms with van der Waals surface area (Å²) >= 11 is 0. The van der Waals surface area contributed by atoms with E-state index in [1.165, 1.54) is 27.6 Å². The van der Waals surface area contributed by atoms with Crippen LogP contribution in [-0.2, 0) is 13.0 Å². The van der Waals surface area contributed by atoms with Gasteiger partial charge in [0.15, 0.2) is 0 Å². The lowest BCUT2D eigenvalue weighted by molar-refractivity contribution is 0.260. The van der Waals surface area contributed by atoms with Gasteiger partial charge in [-0.25, -0.2) is 4.98 Å².